The first-order chi connectivity index (χ1) is 5.75. The summed E-state index contributed by atoms with van der Waals surface area (Å²) >= 11 is 0. The Bertz CT molecular complexity index is 350. The molecule has 4 nitrogen and oxygen atoms in total. The van der Waals surface area contributed by atoms with Crippen LogP contribution in [-0.4, -0.2) is 10.2 Å². The van der Waals surface area contributed by atoms with E-state index in [1.165, 1.54) is 0 Å². The highest BCUT2D eigenvalue weighted by molar-refractivity contribution is 5.61. The molecule has 2 aromatic heterocycles. The minimum absolute atomic E-state index is 0.490. The Morgan fingerprint density at radius 2 is 2.33 bits per heavy atom. The van der Waals surface area contributed by atoms with Crippen molar-refractivity contribution in [2.75, 3.05) is 5.73 Å². The first kappa shape index (κ1) is 6.97. The molecule has 0 aliphatic carbocycles. The summed E-state index contributed by atoms with van der Waals surface area (Å²) in [4.78, 5) is 0. The van der Waals surface area contributed by atoms with Gasteiger partial charge in [-0.1, -0.05) is 0 Å². The van der Waals surface area contributed by atoms with Crippen LogP contribution in [0.25, 0.3) is 11.3 Å². The zero-order valence-corrected chi connectivity index (χ0v) is 6.66. The summed E-state index contributed by atoms with van der Waals surface area (Å²) in [5.41, 5.74) is 7.30. The van der Waals surface area contributed by atoms with Gasteiger partial charge in [-0.25, -0.2) is 0 Å². The van der Waals surface area contributed by atoms with Gasteiger partial charge in [0, 0.05) is 11.6 Å². The molecule has 0 unspecified atom stereocenters. The molecule has 0 saturated heterocycles. The molecule has 0 saturated carbocycles. The van der Waals surface area contributed by atoms with Gasteiger partial charge >= 0.3 is 0 Å². The van der Waals surface area contributed by atoms with Crippen molar-refractivity contribution in [2.45, 2.75) is 6.92 Å². The van der Waals surface area contributed by atoms with Gasteiger partial charge in [-0.2, -0.15) is 5.10 Å². The number of aromatic nitrogens is 2. The molecule has 62 valence electrons. The van der Waals surface area contributed by atoms with Crippen LogP contribution in [0, 0.1) is 6.92 Å². The number of aromatic amines is 1. The highest BCUT2D eigenvalue weighted by atomic mass is 16.3. The predicted molar refractivity (Wildman–Crippen MR) is 45.4 cm³/mol. The van der Waals surface area contributed by atoms with E-state index in [9.17, 15) is 0 Å². The summed E-state index contributed by atoms with van der Waals surface area (Å²) in [7, 11) is 0. The maximum absolute atomic E-state index is 5.45. The monoisotopic (exact) mass is 163 g/mol. The Morgan fingerprint density at radius 1 is 1.50 bits per heavy atom. The standard InChI is InChI=1S/C8H9N3O/c1-5-2-6(4-12-5)7-3-8(9)11-10-7/h2-4H,1H3,(H3,9,10,11). The van der Waals surface area contributed by atoms with Crippen molar-refractivity contribution in [3.63, 3.8) is 0 Å². The van der Waals surface area contributed by atoms with E-state index in [0.717, 1.165) is 17.0 Å². The van der Waals surface area contributed by atoms with Crippen molar-refractivity contribution in [3.05, 3.63) is 24.2 Å². The van der Waals surface area contributed by atoms with Gasteiger partial charge < -0.3 is 10.2 Å². The Kier molecular flexibility index (Phi) is 1.40. The highest BCUT2D eigenvalue weighted by Crippen LogP contribution is 2.20. The van der Waals surface area contributed by atoms with Crippen molar-refractivity contribution in [1.82, 2.24) is 10.2 Å². The Hall–Kier alpha value is -1.71. The lowest BCUT2D eigenvalue weighted by molar-refractivity contribution is 0.535. The number of aryl methyl sites for hydroxylation is 1. The largest absolute Gasteiger partial charge is 0.469 e. The van der Waals surface area contributed by atoms with Gasteiger partial charge in [0.15, 0.2) is 0 Å². The lowest BCUT2D eigenvalue weighted by atomic mass is 10.2. The van der Waals surface area contributed by atoms with Gasteiger partial charge in [0.05, 0.1) is 5.69 Å². The summed E-state index contributed by atoms with van der Waals surface area (Å²) < 4.78 is 5.14. The summed E-state index contributed by atoms with van der Waals surface area (Å²) in [6.45, 7) is 1.89. The van der Waals surface area contributed by atoms with Gasteiger partial charge in [-0.3, -0.25) is 5.10 Å². The van der Waals surface area contributed by atoms with Crippen molar-refractivity contribution in [3.8, 4) is 11.3 Å². The molecule has 2 heterocycles. The molecular weight excluding hydrogens is 154 g/mol. The van der Waals surface area contributed by atoms with Crippen LogP contribution in [0.3, 0.4) is 0 Å². The van der Waals surface area contributed by atoms with Crippen molar-refractivity contribution >= 4 is 5.82 Å². The van der Waals surface area contributed by atoms with Gasteiger partial charge in [0.25, 0.3) is 0 Å². The first-order valence-corrected chi connectivity index (χ1v) is 3.62. The van der Waals surface area contributed by atoms with Crippen LogP contribution < -0.4 is 5.73 Å². The number of furan rings is 1. The second kappa shape index (κ2) is 2.41. The average Bonchev–Trinajstić information content (AvgIpc) is 2.58. The number of nitrogens with one attached hydrogen (secondary N) is 1. The van der Waals surface area contributed by atoms with Crippen LogP contribution in [-0.2, 0) is 0 Å². The molecule has 0 atom stereocenters. The van der Waals surface area contributed by atoms with Gasteiger partial charge in [-0.15, -0.1) is 0 Å². The third kappa shape index (κ3) is 1.07. The van der Waals surface area contributed by atoms with Crippen LogP contribution in [0.5, 0.6) is 0 Å². The minimum atomic E-state index is 0.490. The van der Waals surface area contributed by atoms with E-state index in [1.807, 2.05) is 13.0 Å². The molecule has 0 aliphatic rings. The summed E-state index contributed by atoms with van der Waals surface area (Å²) in [5, 5.41) is 6.61. The quantitative estimate of drug-likeness (QED) is 0.670. The molecule has 4 heteroatoms. The Balaban J connectivity index is 2.43. The Labute approximate surface area is 69.4 Å². The molecule has 0 bridgehead atoms. The molecule has 0 fully saturated rings. The maximum atomic E-state index is 5.45. The van der Waals surface area contributed by atoms with Crippen LogP contribution in [0.15, 0.2) is 22.8 Å². The van der Waals surface area contributed by atoms with Gasteiger partial charge in [-0.05, 0) is 13.0 Å². The third-order valence-electron chi connectivity index (χ3n) is 1.64. The number of hydrogen-bond donors (Lipinski definition) is 2. The van der Waals surface area contributed by atoms with E-state index in [2.05, 4.69) is 10.2 Å². The number of rotatable bonds is 1. The first-order valence-electron chi connectivity index (χ1n) is 3.62. The molecule has 2 aromatic rings. The fourth-order valence-corrected chi connectivity index (χ4v) is 1.07. The zero-order chi connectivity index (χ0) is 8.55. The number of nitrogens with two attached hydrogens (primary N) is 1. The van der Waals surface area contributed by atoms with E-state index in [1.54, 1.807) is 12.3 Å². The molecule has 0 radical (unpaired) electrons. The lowest BCUT2D eigenvalue weighted by Gasteiger charge is -1.84. The smallest absolute Gasteiger partial charge is 0.145 e. The normalized spacial score (nSPS) is 10.4. The van der Waals surface area contributed by atoms with Crippen molar-refractivity contribution < 1.29 is 4.42 Å². The summed E-state index contributed by atoms with van der Waals surface area (Å²) in [6, 6.07) is 3.69. The van der Waals surface area contributed by atoms with E-state index >= 15 is 0 Å². The van der Waals surface area contributed by atoms with E-state index < -0.39 is 0 Å². The molecular formula is C8H9N3O. The molecule has 0 spiro atoms. The highest BCUT2D eigenvalue weighted by Gasteiger charge is 2.03. The van der Waals surface area contributed by atoms with E-state index in [-0.39, 0.29) is 0 Å². The molecule has 0 aliphatic heterocycles. The molecule has 2 rings (SSSR count). The van der Waals surface area contributed by atoms with Crippen LogP contribution >= 0.6 is 0 Å². The third-order valence-corrected chi connectivity index (χ3v) is 1.64. The SMILES string of the molecule is Cc1cc(-c2cc(N)n[nH]2)co1. The second-order valence-corrected chi connectivity index (χ2v) is 2.65. The van der Waals surface area contributed by atoms with Crippen LogP contribution in [0.1, 0.15) is 5.76 Å². The molecule has 0 aromatic carbocycles. The number of hydrogen-bond acceptors (Lipinski definition) is 3. The molecule has 3 N–H and O–H groups in total. The van der Waals surface area contributed by atoms with Gasteiger partial charge in [0.2, 0.25) is 0 Å². The zero-order valence-electron chi connectivity index (χ0n) is 6.66. The van der Waals surface area contributed by atoms with E-state index in [0.29, 0.717) is 5.82 Å². The summed E-state index contributed by atoms with van der Waals surface area (Å²) in [6.07, 6.45) is 1.67. The fraction of sp³-hybridized carbons (Fsp3) is 0.125. The average molecular weight is 163 g/mol. The number of anilines is 1. The number of nitrogen functional groups attached to an aromatic ring is 1. The predicted octanol–water partition coefficient (Wildman–Crippen LogP) is 1.56. The maximum Gasteiger partial charge on any atom is 0.145 e. The fourth-order valence-electron chi connectivity index (χ4n) is 1.07. The van der Waals surface area contributed by atoms with Gasteiger partial charge in [0.1, 0.15) is 17.8 Å². The van der Waals surface area contributed by atoms with Crippen molar-refractivity contribution in [1.29, 1.82) is 0 Å². The Morgan fingerprint density at radius 3 is 2.83 bits per heavy atom. The van der Waals surface area contributed by atoms with Crippen LogP contribution in [0.2, 0.25) is 0 Å². The number of nitrogens with zero attached hydrogens (tertiary/aromatic N) is 1. The topological polar surface area (TPSA) is 67.8 Å². The van der Waals surface area contributed by atoms with Crippen molar-refractivity contribution in [2.24, 2.45) is 0 Å². The molecule has 0 amide bonds. The van der Waals surface area contributed by atoms with Crippen LogP contribution in [0.4, 0.5) is 5.82 Å². The van der Waals surface area contributed by atoms with E-state index in [4.69, 9.17) is 10.2 Å². The summed E-state index contributed by atoms with van der Waals surface area (Å²) in [5.74, 6) is 1.36. The number of H-pyrrole nitrogens is 1. The molecule has 12 heavy (non-hydrogen) atoms. The minimum Gasteiger partial charge on any atom is -0.469 e. The lowest BCUT2D eigenvalue weighted by Crippen LogP contribution is -1.81. The second-order valence-electron chi connectivity index (χ2n) is 2.65.